The second-order valence-electron chi connectivity index (χ2n) is 5.02. The Morgan fingerprint density at radius 3 is 1.86 bits per heavy atom. The number of para-hydroxylation sites is 1. The quantitative estimate of drug-likeness (QED) is 0.706. The first kappa shape index (κ1) is 13.9. The highest BCUT2D eigenvalue weighted by Gasteiger charge is 2.10. The summed E-state index contributed by atoms with van der Waals surface area (Å²) in [6.45, 7) is 0. The van der Waals surface area contributed by atoms with Crippen LogP contribution in [0.3, 0.4) is 0 Å². The summed E-state index contributed by atoms with van der Waals surface area (Å²) in [7, 11) is 0. The molecule has 0 fully saturated rings. The topological polar surface area (TPSA) is 63.3 Å². The summed E-state index contributed by atoms with van der Waals surface area (Å²) in [4.78, 5) is 11.0. The molecule has 0 saturated carbocycles. The van der Waals surface area contributed by atoms with E-state index in [-0.39, 0.29) is 5.56 Å². The molecule has 0 atom stereocenters. The zero-order valence-corrected chi connectivity index (χ0v) is 11.9. The van der Waals surface area contributed by atoms with Crippen LogP contribution in [0.5, 0.6) is 0 Å². The minimum absolute atomic E-state index is 0.278. The van der Waals surface area contributed by atoms with Crippen LogP contribution in [0.1, 0.15) is 10.4 Å². The highest BCUT2D eigenvalue weighted by Crippen LogP contribution is 2.34. The third-order valence-corrected chi connectivity index (χ3v) is 3.62. The van der Waals surface area contributed by atoms with E-state index < -0.39 is 5.97 Å². The van der Waals surface area contributed by atoms with Crippen LogP contribution in [0.2, 0.25) is 0 Å². The van der Waals surface area contributed by atoms with Crippen molar-refractivity contribution in [2.24, 2.45) is 0 Å². The molecule has 3 rings (SSSR count). The molecule has 0 amide bonds. The van der Waals surface area contributed by atoms with E-state index >= 15 is 0 Å². The largest absolute Gasteiger partial charge is 0.478 e. The maximum Gasteiger partial charge on any atom is 0.335 e. The smallest absolute Gasteiger partial charge is 0.335 e. The monoisotopic (exact) mass is 289 g/mol. The van der Waals surface area contributed by atoms with Gasteiger partial charge >= 0.3 is 5.97 Å². The summed E-state index contributed by atoms with van der Waals surface area (Å²) in [6, 6.07) is 22.6. The standard InChI is InChI=1S/C19H15NO2/c20-18-8-4-3-7-17(18)16-6-2-1-5-15(16)13-9-11-14(12-10-13)19(21)22/h1-12H,20H2,(H,21,22). The van der Waals surface area contributed by atoms with E-state index in [0.29, 0.717) is 0 Å². The normalized spacial score (nSPS) is 10.4. The molecule has 0 aliphatic rings. The molecule has 3 N–H and O–H groups in total. The molecular formula is C19H15NO2. The van der Waals surface area contributed by atoms with Crippen molar-refractivity contribution in [1.29, 1.82) is 0 Å². The second kappa shape index (κ2) is 5.74. The van der Waals surface area contributed by atoms with Crippen molar-refractivity contribution < 1.29 is 9.90 Å². The van der Waals surface area contributed by atoms with Crippen LogP contribution in [-0.2, 0) is 0 Å². The van der Waals surface area contributed by atoms with E-state index in [1.165, 1.54) is 0 Å². The van der Waals surface area contributed by atoms with Crippen LogP contribution in [0.25, 0.3) is 22.3 Å². The Bertz CT molecular complexity index is 823. The molecule has 3 aromatic carbocycles. The number of hydrogen-bond donors (Lipinski definition) is 2. The second-order valence-corrected chi connectivity index (χ2v) is 5.02. The molecule has 0 unspecified atom stereocenters. The molecule has 108 valence electrons. The number of hydrogen-bond acceptors (Lipinski definition) is 2. The molecule has 0 aliphatic heterocycles. The third-order valence-electron chi connectivity index (χ3n) is 3.62. The van der Waals surface area contributed by atoms with Gasteiger partial charge in [0, 0.05) is 11.3 Å². The van der Waals surface area contributed by atoms with Crippen molar-refractivity contribution in [2.45, 2.75) is 0 Å². The number of carboxylic acids is 1. The first-order valence-corrected chi connectivity index (χ1v) is 6.94. The van der Waals surface area contributed by atoms with Crippen LogP contribution < -0.4 is 5.73 Å². The Morgan fingerprint density at radius 1 is 0.727 bits per heavy atom. The predicted octanol–water partition coefficient (Wildman–Crippen LogP) is 4.30. The van der Waals surface area contributed by atoms with E-state index in [1.807, 2.05) is 60.7 Å². The van der Waals surface area contributed by atoms with Gasteiger partial charge in [-0.05, 0) is 34.9 Å². The molecule has 0 radical (unpaired) electrons. The summed E-state index contributed by atoms with van der Waals surface area (Å²) in [5, 5.41) is 9.00. The van der Waals surface area contributed by atoms with Gasteiger partial charge in [0.1, 0.15) is 0 Å². The van der Waals surface area contributed by atoms with Gasteiger partial charge in [0.05, 0.1) is 5.56 Å². The number of rotatable bonds is 3. The molecule has 3 heteroatoms. The predicted molar refractivity (Wildman–Crippen MR) is 88.7 cm³/mol. The molecule has 3 nitrogen and oxygen atoms in total. The average Bonchev–Trinajstić information content (AvgIpc) is 2.55. The minimum atomic E-state index is -0.924. The Hall–Kier alpha value is -3.07. The van der Waals surface area contributed by atoms with Gasteiger partial charge in [-0.3, -0.25) is 0 Å². The van der Waals surface area contributed by atoms with Crippen molar-refractivity contribution in [3.63, 3.8) is 0 Å². The maximum absolute atomic E-state index is 11.0. The van der Waals surface area contributed by atoms with Gasteiger partial charge < -0.3 is 10.8 Å². The number of nitrogen functional groups attached to an aromatic ring is 1. The van der Waals surface area contributed by atoms with E-state index in [4.69, 9.17) is 10.8 Å². The van der Waals surface area contributed by atoms with Gasteiger partial charge in [0.15, 0.2) is 0 Å². The SMILES string of the molecule is Nc1ccccc1-c1ccccc1-c1ccc(C(=O)O)cc1. The third kappa shape index (κ3) is 2.56. The number of anilines is 1. The molecule has 3 aromatic rings. The summed E-state index contributed by atoms with van der Waals surface area (Å²) in [5.41, 5.74) is 11.1. The van der Waals surface area contributed by atoms with Crippen molar-refractivity contribution >= 4 is 11.7 Å². The van der Waals surface area contributed by atoms with Crippen LogP contribution in [0, 0.1) is 0 Å². The molecule has 0 saturated heterocycles. The van der Waals surface area contributed by atoms with Gasteiger partial charge in [-0.25, -0.2) is 4.79 Å². The number of aromatic carboxylic acids is 1. The summed E-state index contributed by atoms with van der Waals surface area (Å²) in [6.07, 6.45) is 0. The van der Waals surface area contributed by atoms with Crippen LogP contribution in [0.15, 0.2) is 72.8 Å². The summed E-state index contributed by atoms with van der Waals surface area (Å²) < 4.78 is 0. The van der Waals surface area contributed by atoms with Crippen LogP contribution in [-0.4, -0.2) is 11.1 Å². The van der Waals surface area contributed by atoms with Crippen molar-refractivity contribution in [1.82, 2.24) is 0 Å². The van der Waals surface area contributed by atoms with E-state index in [2.05, 4.69) is 0 Å². The van der Waals surface area contributed by atoms with E-state index in [9.17, 15) is 4.79 Å². The molecule has 0 aromatic heterocycles. The summed E-state index contributed by atoms with van der Waals surface area (Å²) >= 11 is 0. The fraction of sp³-hybridized carbons (Fsp3) is 0. The molecule has 0 heterocycles. The number of carboxylic acid groups (broad SMARTS) is 1. The fourth-order valence-corrected chi connectivity index (χ4v) is 2.50. The Morgan fingerprint density at radius 2 is 1.27 bits per heavy atom. The Balaban J connectivity index is 2.13. The zero-order valence-electron chi connectivity index (χ0n) is 11.9. The number of nitrogens with two attached hydrogens (primary N) is 1. The van der Waals surface area contributed by atoms with E-state index in [1.54, 1.807) is 12.1 Å². The van der Waals surface area contributed by atoms with Gasteiger partial charge in [-0.1, -0.05) is 54.6 Å². The Kier molecular flexibility index (Phi) is 3.62. The zero-order chi connectivity index (χ0) is 15.5. The lowest BCUT2D eigenvalue weighted by molar-refractivity contribution is 0.0697. The highest BCUT2D eigenvalue weighted by molar-refractivity contribution is 5.91. The average molecular weight is 289 g/mol. The first-order chi connectivity index (χ1) is 10.7. The molecule has 0 spiro atoms. The highest BCUT2D eigenvalue weighted by atomic mass is 16.4. The van der Waals surface area contributed by atoms with Crippen LogP contribution in [0.4, 0.5) is 5.69 Å². The van der Waals surface area contributed by atoms with E-state index in [0.717, 1.165) is 27.9 Å². The lowest BCUT2D eigenvalue weighted by Gasteiger charge is -2.12. The maximum atomic E-state index is 11.0. The molecular weight excluding hydrogens is 274 g/mol. The molecule has 0 bridgehead atoms. The van der Waals surface area contributed by atoms with Gasteiger partial charge in [-0.2, -0.15) is 0 Å². The summed E-state index contributed by atoms with van der Waals surface area (Å²) in [5.74, 6) is -0.924. The van der Waals surface area contributed by atoms with Gasteiger partial charge in [0.25, 0.3) is 0 Å². The number of carbonyl (C=O) groups is 1. The first-order valence-electron chi connectivity index (χ1n) is 6.94. The molecule has 22 heavy (non-hydrogen) atoms. The van der Waals surface area contributed by atoms with Crippen molar-refractivity contribution in [3.05, 3.63) is 78.4 Å². The fourth-order valence-electron chi connectivity index (χ4n) is 2.50. The van der Waals surface area contributed by atoms with Crippen molar-refractivity contribution in [3.8, 4) is 22.3 Å². The lowest BCUT2D eigenvalue weighted by Crippen LogP contribution is -1.95. The van der Waals surface area contributed by atoms with Crippen LogP contribution >= 0.6 is 0 Å². The van der Waals surface area contributed by atoms with Gasteiger partial charge in [-0.15, -0.1) is 0 Å². The lowest BCUT2D eigenvalue weighted by atomic mass is 9.93. The Labute approximate surface area is 128 Å². The molecule has 0 aliphatic carbocycles. The van der Waals surface area contributed by atoms with Gasteiger partial charge in [0.2, 0.25) is 0 Å². The number of benzene rings is 3. The minimum Gasteiger partial charge on any atom is -0.478 e. The van der Waals surface area contributed by atoms with Crippen molar-refractivity contribution in [2.75, 3.05) is 5.73 Å².